The molecule has 2 rings (SSSR count). The molecule has 1 saturated carbocycles. The van der Waals surface area contributed by atoms with Gasteiger partial charge in [0.2, 0.25) is 0 Å². The molecular formula is C15H24N2S. The van der Waals surface area contributed by atoms with Gasteiger partial charge in [0.1, 0.15) is 0 Å². The fourth-order valence-corrected chi connectivity index (χ4v) is 3.70. The maximum atomic E-state index is 5.69. The zero-order valence-corrected chi connectivity index (χ0v) is 11.8. The van der Waals surface area contributed by atoms with Crippen LogP contribution in [0.15, 0.2) is 35.2 Å². The molecular weight excluding hydrogens is 240 g/mol. The molecule has 1 aromatic rings. The first kappa shape index (κ1) is 13.9. The van der Waals surface area contributed by atoms with Crippen LogP contribution in [0.5, 0.6) is 0 Å². The SMILES string of the molecule is NNC(CSc1ccccc1)CC1CCCCC1. The van der Waals surface area contributed by atoms with Crippen molar-refractivity contribution in [3.63, 3.8) is 0 Å². The van der Waals surface area contributed by atoms with Gasteiger partial charge in [0.05, 0.1) is 0 Å². The predicted molar refractivity (Wildman–Crippen MR) is 79.5 cm³/mol. The number of hydrazine groups is 1. The Morgan fingerprint density at radius 1 is 1.17 bits per heavy atom. The molecule has 3 N–H and O–H groups in total. The summed E-state index contributed by atoms with van der Waals surface area (Å²) in [5.41, 5.74) is 3.00. The van der Waals surface area contributed by atoms with Gasteiger partial charge in [-0.1, -0.05) is 50.3 Å². The van der Waals surface area contributed by atoms with Gasteiger partial charge in [-0.3, -0.25) is 11.3 Å². The zero-order chi connectivity index (χ0) is 12.6. The van der Waals surface area contributed by atoms with E-state index in [4.69, 9.17) is 5.84 Å². The van der Waals surface area contributed by atoms with Gasteiger partial charge in [-0.2, -0.15) is 0 Å². The summed E-state index contributed by atoms with van der Waals surface area (Å²) < 4.78 is 0. The summed E-state index contributed by atoms with van der Waals surface area (Å²) in [4.78, 5) is 1.33. The van der Waals surface area contributed by atoms with Crippen molar-refractivity contribution in [2.75, 3.05) is 5.75 Å². The second kappa shape index (κ2) is 7.82. The number of benzene rings is 1. The van der Waals surface area contributed by atoms with Crippen molar-refractivity contribution in [2.24, 2.45) is 11.8 Å². The molecule has 1 unspecified atom stereocenters. The Labute approximate surface area is 115 Å². The third-order valence-electron chi connectivity index (χ3n) is 3.77. The number of nitrogens with one attached hydrogen (secondary N) is 1. The first-order chi connectivity index (χ1) is 8.88. The van der Waals surface area contributed by atoms with Crippen molar-refractivity contribution < 1.29 is 0 Å². The quantitative estimate of drug-likeness (QED) is 0.468. The highest BCUT2D eigenvalue weighted by Gasteiger charge is 2.18. The highest BCUT2D eigenvalue weighted by Crippen LogP contribution is 2.28. The molecule has 1 aliphatic rings. The van der Waals surface area contributed by atoms with Crippen molar-refractivity contribution in [3.05, 3.63) is 30.3 Å². The number of thioether (sulfide) groups is 1. The van der Waals surface area contributed by atoms with Gasteiger partial charge in [0.25, 0.3) is 0 Å². The second-order valence-corrected chi connectivity index (χ2v) is 6.32. The van der Waals surface area contributed by atoms with E-state index in [9.17, 15) is 0 Å². The minimum atomic E-state index is 0.443. The van der Waals surface area contributed by atoms with E-state index in [1.165, 1.54) is 43.4 Å². The third-order valence-corrected chi connectivity index (χ3v) is 4.95. The molecule has 0 spiro atoms. The van der Waals surface area contributed by atoms with Crippen LogP contribution >= 0.6 is 11.8 Å². The zero-order valence-electron chi connectivity index (χ0n) is 11.0. The Morgan fingerprint density at radius 2 is 1.89 bits per heavy atom. The minimum absolute atomic E-state index is 0.443. The summed E-state index contributed by atoms with van der Waals surface area (Å²) in [5, 5.41) is 0. The van der Waals surface area contributed by atoms with Crippen molar-refractivity contribution >= 4 is 11.8 Å². The summed E-state index contributed by atoms with van der Waals surface area (Å²) in [6.45, 7) is 0. The molecule has 0 bridgehead atoms. The number of hydrogen-bond acceptors (Lipinski definition) is 3. The van der Waals surface area contributed by atoms with Crippen LogP contribution < -0.4 is 11.3 Å². The van der Waals surface area contributed by atoms with Gasteiger partial charge in [0, 0.05) is 16.7 Å². The van der Waals surface area contributed by atoms with E-state index in [0.717, 1.165) is 11.7 Å². The summed E-state index contributed by atoms with van der Waals surface area (Å²) in [7, 11) is 0. The van der Waals surface area contributed by atoms with E-state index in [0.29, 0.717) is 6.04 Å². The highest BCUT2D eigenvalue weighted by atomic mass is 32.2. The van der Waals surface area contributed by atoms with Crippen molar-refractivity contribution in [3.8, 4) is 0 Å². The Kier molecular flexibility index (Phi) is 6.05. The van der Waals surface area contributed by atoms with E-state index in [1.54, 1.807) is 0 Å². The number of rotatable bonds is 6. The Balaban J connectivity index is 1.74. The first-order valence-electron chi connectivity index (χ1n) is 7.02. The van der Waals surface area contributed by atoms with Crippen LogP contribution in [0.1, 0.15) is 38.5 Å². The lowest BCUT2D eigenvalue weighted by Crippen LogP contribution is -2.38. The lowest BCUT2D eigenvalue weighted by atomic mass is 9.85. The third kappa shape index (κ3) is 4.63. The molecule has 3 heteroatoms. The van der Waals surface area contributed by atoms with Crippen LogP contribution in [-0.2, 0) is 0 Å². The van der Waals surface area contributed by atoms with E-state index in [-0.39, 0.29) is 0 Å². The van der Waals surface area contributed by atoms with Gasteiger partial charge < -0.3 is 0 Å². The monoisotopic (exact) mass is 264 g/mol. The maximum Gasteiger partial charge on any atom is 0.0307 e. The fourth-order valence-electron chi connectivity index (χ4n) is 2.72. The molecule has 0 heterocycles. The topological polar surface area (TPSA) is 38.0 Å². The molecule has 1 aromatic carbocycles. The van der Waals surface area contributed by atoms with Gasteiger partial charge in [0.15, 0.2) is 0 Å². The molecule has 100 valence electrons. The average Bonchev–Trinajstić information content (AvgIpc) is 2.45. The Bertz CT molecular complexity index is 323. The lowest BCUT2D eigenvalue weighted by molar-refractivity contribution is 0.308. The van der Waals surface area contributed by atoms with Crippen molar-refractivity contribution in [2.45, 2.75) is 49.5 Å². The van der Waals surface area contributed by atoms with Gasteiger partial charge in [-0.25, -0.2) is 0 Å². The van der Waals surface area contributed by atoms with Crippen LogP contribution in [0.2, 0.25) is 0 Å². The Morgan fingerprint density at radius 3 is 2.56 bits per heavy atom. The minimum Gasteiger partial charge on any atom is -0.271 e. The van der Waals surface area contributed by atoms with Gasteiger partial charge >= 0.3 is 0 Å². The smallest absolute Gasteiger partial charge is 0.0307 e. The van der Waals surface area contributed by atoms with Crippen LogP contribution in [0.25, 0.3) is 0 Å². The molecule has 1 aliphatic carbocycles. The van der Waals surface area contributed by atoms with E-state index < -0.39 is 0 Å². The predicted octanol–water partition coefficient (Wildman–Crippen LogP) is 3.58. The Hall–Kier alpha value is -0.510. The van der Waals surface area contributed by atoms with Crippen LogP contribution in [0.4, 0.5) is 0 Å². The second-order valence-electron chi connectivity index (χ2n) is 5.23. The largest absolute Gasteiger partial charge is 0.271 e. The average molecular weight is 264 g/mol. The number of hydrogen-bond donors (Lipinski definition) is 2. The van der Waals surface area contributed by atoms with Crippen LogP contribution in [0, 0.1) is 5.92 Å². The first-order valence-corrected chi connectivity index (χ1v) is 8.01. The van der Waals surface area contributed by atoms with Crippen LogP contribution in [0.3, 0.4) is 0 Å². The number of nitrogens with two attached hydrogens (primary N) is 1. The molecule has 1 fully saturated rings. The van der Waals surface area contributed by atoms with Gasteiger partial charge in [-0.15, -0.1) is 11.8 Å². The van der Waals surface area contributed by atoms with E-state index >= 15 is 0 Å². The van der Waals surface area contributed by atoms with Crippen molar-refractivity contribution in [1.82, 2.24) is 5.43 Å². The molecule has 2 nitrogen and oxygen atoms in total. The summed E-state index contributed by atoms with van der Waals surface area (Å²) in [5.74, 6) is 7.64. The standard InChI is InChI=1S/C15H24N2S/c16-17-14(11-13-7-3-1-4-8-13)12-18-15-9-5-2-6-10-15/h2,5-6,9-10,13-14,17H,1,3-4,7-8,11-12,16H2. The maximum absolute atomic E-state index is 5.69. The molecule has 1 atom stereocenters. The van der Waals surface area contributed by atoms with Crippen LogP contribution in [-0.4, -0.2) is 11.8 Å². The fraction of sp³-hybridized carbons (Fsp3) is 0.600. The van der Waals surface area contributed by atoms with E-state index in [1.807, 2.05) is 11.8 Å². The molecule has 0 amide bonds. The molecule has 0 saturated heterocycles. The summed E-state index contributed by atoms with van der Waals surface area (Å²) >= 11 is 1.90. The molecule has 18 heavy (non-hydrogen) atoms. The normalized spacial score (nSPS) is 18.7. The molecule has 0 aromatic heterocycles. The molecule has 0 radical (unpaired) electrons. The lowest BCUT2D eigenvalue weighted by Gasteiger charge is -2.26. The molecule has 0 aliphatic heterocycles. The van der Waals surface area contributed by atoms with Gasteiger partial charge in [-0.05, 0) is 24.5 Å². The van der Waals surface area contributed by atoms with Crippen molar-refractivity contribution in [1.29, 1.82) is 0 Å². The summed E-state index contributed by atoms with van der Waals surface area (Å²) in [6, 6.07) is 11.0. The highest BCUT2D eigenvalue weighted by molar-refractivity contribution is 7.99. The summed E-state index contributed by atoms with van der Waals surface area (Å²) in [6.07, 6.45) is 8.27. The van der Waals surface area contributed by atoms with E-state index in [2.05, 4.69) is 35.8 Å².